The van der Waals surface area contributed by atoms with Crippen molar-refractivity contribution in [1.29, 1.82) is 0 Å². The van der Waals surface area contributed by atoms with Crippen molar-refractivity contribution in [3.8, 4) is 0 Å². The Kier molecular flexibility index (Phi) is 3.74. The first-order valence-corrected chi connectivity index (χ1v) is 5.84. The number of nitrogens with zero attached hydrogens (tertiary/aromatic N) is 1. The molecule has 0 aliphatic rings. The van der Waals surface area contributed by atoms with E-state index in [1.165, 1.54) is 11.8 Å². The van der Waals surface area contributed by atoms with E-state index in [-0.39, 0.29) is 12.4 Å². The molecule has 0 atom stereocenters. The highest BCUT2D eigenvalue weighted by Gasteiger charge is 2.07. The third kappa shape index (κ3) is 2.42. The van der Waals surface area contributed by atoms with Crippen LogP contribution in [0.4, 0.5) is 0 Å². The van der Waals surface area contributed by atoms with Crippen LogP contribution in [0.2, 0.25) is 0 Å². The third-order valence-electron chi connectivity index (χ3n) is 2.28. The molecular formula is C12H9ClN2O2S. The molecular weight excluding hydrogens is 272 g/mol. The number of hydrogen-bond acceptors (Lipinski definition) is 4. The van der Waals surface area contributed by atoms with Gasteiger partial charge in [-0.05, 0) is 36.0 Å². The largest absolute Gasteiger partial charge is 0.447 e. The van der Waals surface area contributed by atoms with Crippen LogP contribution in [-0.4, -0.2) is 16.3 Å². The number of rotatable bonds is 3. The molecule has 0 unspecified atom stereocenters. The molecule has 0 aliphatic carbocycles. The Morgan fingerprint density at radius 1 is 1.22 bits per heavy atom. The first-order valence-electron chi connectivity index (χ1n) is 5.03. The zero-order valence-corrected chi connectivity index (χ0v) is 10.8. The summed E-state index contributed by atoms with van der Waals surface area (Å²) in [5.74, 6) is 0.323. The average molecular weight is 281 g/mol. The van der Waals surface area contributed by atoms with E-state index >= 15 is 0 Å². The number of aromatic nitrogens is 2. The quantitative estimate of drug-likeness (QED) is 0.746. The lowest BCUT2D eigenvalue weighted by Crippen LogP contribution is -1.72. The monoisotopic (exact) mass is 280 g/mol. The van der Waals surface area contributed by atoms with Gasteiger partial charge in [-0.15, -0.1) is 12.4 Å². The topological polar surface area (TPSA) is 58.9 Å². The second-order valence-electron chi connectivity index (χ2n) is 3.44. The Balaban J connectivity index is 0.00000120. The van der Waals surface area contributed by atoms with Gasteiger partial charge in [-0.2, -0.15) is 0 Å². The van der Waals surface area contributed by atoms with Crippen LogP contribution in [0, 0.1) is 0 Å². The van der Waals surface area contributed by atoms with Crippen LogP contribution < -0.4 is 0 Å². The summed E-state index contributed by atoms with van der Waals surface area (Å²) in [5.41, 5.74) is 1.90. The highest BCUT2D eigenvalue weighted by Crippen LogP contribution is 2.28. The first kappa shape index (κ1) is 12.7. The van der Waals surface area contributed by atoms with Crippen LogP contribution in [-0.2, 0) is 0 Å². The predicted molar refractivity (Wildman–Crippen MR) is 71.6 cm³/mol. The summed E-state index contributed by atoms with van der Waals surface area (Å²) in [5, 5.41) is 1.39. The number of nitrogens with one attached hydrogen (secondary N) is 1. The molecule has 0 saturated carbocycles. The van der Waals surface area contributed by atoms with Crippen molar-refractivity contribution in [1.82, 2.24) is 9.97 Å². The van der Waals surface area contributed by atoms with Crippen molar-refractivity contribution in [2.24, 2.45) is 0 Å². The maximum absolute atomic E-state index is 10.5. The minimum Gasteiger partial charge on any atom is -0.447 e. The van der Waals surface area contributed by atoms with Crippen LogP contribution in [0.15, 0.2) is 51.1 Å². The van der Waals surface area contributed by atoms with Gasteiger partial charge < -0.3 is 9.40 Å². The van der Waals surface area contributed by atoms with Gasteiger partial charge in [-0.1, -0.05) is 12.1 Å². The van der Waals surface area contributed by atoms with Gasteiger partial charge in [-0.3, -0.25) is 4.79 Å². The molecule has 2 heterocycles. The summed E-state index contributed by atoms with van der Waals surface area (Å²) in [6, 6.07) is 11.2. The fraction of sp³-hybridized carbons (Fsp3) is 0. The van der Waals surface area contributed by atoms with Gasteiger partial charge in [0.25, 0.3) is 0 Å². The lowest BCUT2D eigenvalue weighted by atomic mass is 10.3. The number of aldehydes is 1. The predicted octanol–water partition coefficient (Wildman–Crippen LogP) is 3.54. The Hall–Kier alpha value is -1.72. The molecule has 2 aromatic heterocycles. The van der Waals surface area contributed by atoms with Crippen LogP contribution in [0.1, 0.15) is 10.6 Å². The van der Waals surface area contributed by atoms with Crippen LogP contribution in [0.25, 0.3) is 11.0 Å². The van der Waals surface area contributed by atoms with E-state index in [9.17, 15) is 4.79 Å². The highest BCUT2D eigenvalue weighted by atomic mass is 35.5. The molecule has 0 spiro atoms. The van der Waals surface area contributed by atoms with Crippen LogP contribution in [0.3, 0.4) is 0 Å². The number of halogens is 1. The summed E-state index contributed by atoms with van der Waals surface area (Å²) < 4.78 is 5.27. The van der Waals surface area contributed by atoms with Crippen molar-refractivity contribution in [2.45, 2.75) is 10.2 Å². The summed E-state index contributed by atoms with van der Waals surface area (Å²) >= 11 is 1.36. The zero-order chi connectivity index (χ0) is 11.7. The van der Waals surface area contributed by atoms with Crippen molar-refractivity contribution >= 4 is 41.5 Å². The van der Waals surface area contributed by atoms with Crippen LogP contribution >= 0.6 is 24.2 Å². The lowest BCUT2D eigenvalue weighted by molar-refractivity contribution is 0.109. The first-order chi connectivity index (χ1) is 8.35. The van der Waals surface area contributed by atoms with E-state index < -0.39 is 0 Å². The Morgan fingerprint density at radius 2 is 2.06 bits per heavy atom. The van der Waals surface area contributed by atoms with Crippen molar-refractivity contribution in [2.75, 3.05) is 0 Å². The molecule has 92 valence electrons. The number of carbonyl (C=O) groups excluding carboxylic acids is 1. The normalized spacial score (nSPS) is 10.2. The summed E-state index contributed by atoms with van der Waals surface area (Å²) in [6.07, 6.45) is 0.683. The van der Waals surface area contributed by atoms with Gasteiger partial charge in [0.15, 0.2) is 22.3 Å². The van der Waals surface area contributed by atoms with Gasteiger partial charge in [0.1, 0.15) is 0 Å². The average Bonchev–Trinajstić information content (AvgIpc) is 2.94. The SMILES string of the molecule is Cl.O=Cc1ccc(Sc2nc3ccccc3[nH]2)o1. The van der Waals surface area contributed by atoms with Gasteiger partial charge >= 0.3 is 0 Å². The lowest BCUT2D eigenvalue weighted by Gasteiger charge is -1.90. The van der Waals surface area contributed by atoms with E-state index in [0.717, 1.165) is 16.2 Å². The van der Waals surface area contributed by atoms with E-state index in [2.05, 4.69) is 9.97 Å². The number of benzene rings is 1. The van der Waals surface area contributed by atoms with Crippen molar-refractivity contribution in [3.63, 3.8) is 0 Å². The minimum absolute atomic E-state index is 0. The number of H-pyrrole nitrogens is 1. The van der Waals surface area contributed by atoms with Gasteiger partial charge in [0.2, 0.25) is 0 Å². The highest BCUT2D eigenvalue weighted by molar-refractivity contribution is 7.99. The Morgan fingerprint density at radius 3 is 2.78 bits per heavy atom. The number of fused-ring (bicyclic) bond motifs is 1. The van der Waals surface area contributed by atoms with Crippen molar-refractivity contribution < 1.29 is 9.21 Å². The molecule has 1 aromatic carbocycles. The van der Waals surface area contributed by atoms with Crippen LogP contribution in [0.5, 0.6) is 0 Å². The summed E-state index contributed by atoms with van der Waals surface area (Å²) in [6.45, 7) is 0. The molecule has 0 bridgehead atoms. The molecule has 0 saturated heterocycles. The summed E-state index contributed by atoms with van der Waals surface area (Å²) in [7, 11) is 0. The maximum Gasteiger partial charge on any atom is 0.185 e. The molecule has 6 heteroatoms. The molecule has 18 heavy (non-hydrogen) atoms. The fourth-order valence-corrected chi connectivity index (χ4v) is 2.30. The molecule has 3 aromatic rings. The molecule has 3 rings (SSSR count). The number of imidazole rings is 1. The summed E-state index contributed by atoms with van der Waals surface area (Å²) in [4.78, 5) is 18.1. The Labute approximate surface area is 113 Å². The van der Waals surface area contributed by atoms with E-state index in [0.29, 0.717) is 17.1 Å². The molecule has 0 amide bonds. The molecule has 1 N–H and O–H groups in total. The van der Waals surface area contributed by atoms with Gasteiger partial charge in [0.05, 0.1) is 11.0 Å². The second kappa shape index (κ2) is 5.29. The smallest absolute Gasteiger partial charge is 0.185 e. The number of aromatic amines is 1. The van der Waals surface area contributed by atoms with E-state index in [4.69, 9.17) is 4.42 Å². The van der Waals surface area contributed by atoms with E-state index in [1.54, 1.807) is 12.1 Å². The van der Waals surface area contributed by atoms with Crippen molar-refractivity contribution in [3.05, 3.63) is 42.2 Å². The van der Waals surface area contributed by atoms with Gasteiger partial charge in [0, 0.05) is 0 Å². The second-order valence-corrected chi connectivity index (χ2v) is 4.43. The van der Waals surface area contributed by atoms with Gasteiger partial charge in [-0.25, -0.2) is 4.98 Å². The van der Waals surface area contributed by atoms with E-state index in [1.807, 2.05) is 24.3 Å². The number of furan rings is 1. The molecule has 0 fully saturated rings. The number of hydrogen-bond donors (Lipinski definition) is 1. The minimum atomic E-state index is 0. The fourth-order valence-electron chi connectivity index (χ4n) is 1.53. The Bertz CT molecular complexity index is 644. The third-order valence-corrected chi connectivity index (χ3v) is 3.09. The molecule has 4 nitrogen and oxygen atoms in total. The zero-order valence-electron chi connectivity index (χ0n) is 9.12. The molecule has 0 aliphatic heterocycles. The number of para-hydroxylation sites is 2. The standard InChI is InChI=1S/C12H8N2O2S.ClH/c15-7-8-5-6-11(16-8)17-12-13-9-3-1-2-4-10(9)14-12;/h1-7H,(H,13,14);1H. The number of carbonyl (C=O) groups is 1. The molecule has 0 radical (unpaired) electrons. The maximum atomic E-state index is 10.5.